The summed E-state index contributed by atoms with van der Waals surface area (Å²) >= 11 is 6.25. The molecule has 0 unspecified atom stereocenters. The maximum atomic E-state index is 12.0. The minimum atomic E-state index is 0.00231. The van der Waals surface area contributed by atoms with E-state index in [0.717, 1.165) is 29.2 Å². The molecule has 4 heteroatoms. The molecule has 0 aromatic heterocycles. The first-order chi connectivity index (χ1) is 7.77. The fourth-order valence-corrected chi connectivity index (χ4v) is 3.14. The lowest BCUT2D eigenvalue weighted by Gasteiger charge is -2.22. The van der Waals surface area contributed by atoms with Crippen LogP contribution in [0.5, 0.6) is 0 Å². The summed E-state index contributed by atoms with van der Waals surface area (Å²) in [5.41, 5.74) is 0.670. The molecular weight excluding hydrogens is 238 g/mol. The Hall–Kier alpha value is -0.610. The third kappa shape index (κ3) is 2.95. The Labute approximate surface area is 106 Å². The molecule has 0 bridgehead atoms. The van der Waals surface area contributed by atoms with E-state index in [-0.39, 0.29) is 5.91 Å². The van der Waals surface area contributed by atoms with Gasteiger partial charge in [-0.2, -0.15) is 11.8 Å². The average molecular weight is 253 g/mol. The van der Waals surface area contributed by atoms with E-state index in [2.05, 4.69) is 17.9 Å². The minimum absolute atomic E-state index is 0.00231. The summed E-state index contributed by atoms with van der Waals surface area (Å²) in [7, 11) is 0. The molecule has 1 heterocycles. The monoisotopic (exact) mass is 253 g/mol. The van der Waals surface area contributed by atoms with Gasteiger partial charge in [-0.25, -0.2) is 0 Å². The van der Waals surface area contributed by atoms with Crippen LogP contribution < -0.4 is 5.32 Å². The highest BCUT2D eigenvalue weighted by Crippen LogP contribution is 2.18. The van der Waals surface area contributed by atoms with Crippen LogP contribution in [-0.4, -0.2) is 23.5 Å². The van der Waals surface area contributed by atoms with Crippen molar-refractivity contribution in [3.63, 3.8) is 0 Å². The van der Waals surface area contributed by atoms with Gasteiger partial charge in [0.25, 0.3) is 5.91 Å². The van der Waals surface area contributed by atoms with Gasteiger partial charge in [0, 0.05) is 10.9 Å². The SMILES string of the molecule is O=C(NC1CCSCC1)c1ccccc1S. The summed E-state index contributed by atoms with van der Waals surface area (Å²) in [6.07, 6.45) is 2.15. The highest BCUT2D eigenvalue weighted by Gasteiger charge is 2.17. The second kappa shape index (κ2) is 5.64. The van der Waals surface area contributed by atoms with Crippen molar-refractivity contribution >= 4 is 30.3 Å². The number of carbonyl (C=O) groups excluding carboxylic acids is 1. The van der Waals surface area contributed by atoms with Crippen molar-refractivity contribution in [3.05, 3.63) is 29.8 Å². The second-order valence-corrected chi connectivity index (χ2v) is 5.58. The zero-order chi connectivity index (χ0) is 11.4. The van der Waals surface area contributed by atoms with E-state index in [1.807, 2.05) is 36.0 Å². The molecule has 86 valence electrons. The van der Waals surface area contributed by atoms with Crippen LogP contribution in [0, 0.1) is 0 Å². The molecular formula is C12H15NOS2. The van der Waals surface area contributed by atoms with Gasteiger partial charge in [-0.3, -0.25) is 4.79 Å². The molecule has 1 N–H and O–H groups in total. The Morgan fingerprint density at radius 1 is 1.31 bits per heavy atom. The molecule has 1 fully saturated rings. The van der Waals surface area contributed by atoms with Crippen molar-refractivity contribution in [3.8, 4) is 0 Å². The van der Waals surface area contributed by atoms with Crippen molar-refractivity contribution in [1.82, 2.24) is 5.32 Å². The fraction of sp³-hybridized carbons (Fsp3) is 0.417. The number of benzene rings is 1. The Bertz CT molecular complexity index is 375. The van der Waals surface area contributed by atoms with Crippen LogP contribution in [-0.2, 0) is 0 Å². The van der Waals surface area contributed by atoms with Crippen molar-refractivity contribution < 1.29 is 4.79 Å². The third-order valence-corrected chi connectivity index (χ3v) is 4.14. The van der Waals surface area contributed by atoms with Crippen LogP contribution in [0.1, 0.15) is 23.2 Å². The van der Waals surface area contributed by atoms with Crippen LogP contribution in [0.2, 0.25) is 0 Å². The third-order valence-electron chi connectivity index (χ3n) is 2.71. The molecule has 1 aromatic rings. The molecule has 1 amide bonds. The number of carbonyl (C=O) groups is 1. The number of thioether (sulfide) groups is 1. The summed E-state index contributed by atoms with van der Waals surface area (Å²) < 4.78 is 0. The van der Waals surface area contributed by atoms with Crippen molar-refractivity contribution in [1.29, 1.82) is 0 Å². The van der Waals surface area contributed by atoms with Crippen LogP contribution >= 0.6 is 24.4 Å². The Kier molecular flexibility index (Phi) is 4.18. The fourth-order valence-electron chi connectivity index (χ4n) is 1.77. The molecule has 0 aliphatic carbocycles. The first kappa shape index (κ1) is 11.9. The van der Waals surface area contributed by atoms with Gasteiger partial charge >= 0.3 is 0 Å². The van der Waals surface area contributed by atoms with E-state index >= 15 is 0 Å². The predicted octanol–water partition coefficient (Wildman–Crippen LogP) is 2.60. The summed E-state index contributed by atoms with van der Waals surface area (Å²) in [4.78, 5) is 12.7. The zero-order valence-corrected chi connectivity index (χ0v) is 10.7. The summed E-state index contributed by atoms with van der Waals surface area (Å²) in [5.74, 6) is 2.29. The standard InChI is InChI=1S/C12H15NOS2/c14-12(10-3-1-2-4-11(10)15)13-9-5-7-16-8-6-9/h1-4,9,15H,5-8H2,(H,13,14). The lowest BCUT2D eigenvalue weighted by molar-refractivity contribution is 0.0932. The zero-order valence-electron chi connectivity index (χ0n) is 8.98. The smallest absolute Gasteiger partial charge is 0.252 e. The highest BCUT2D eigenvalue weighted by atomic mass is 32.2. The van der Waals surface area contributed by atoms with E-state index in [0.29, 0.717) is 11.6 Å². The Morgan fingerprint density at radius 3 is 2.69 bits per heavy atom. The number of hydrogen-bond donors (Lipinski definition) is 2. The topological polar surface area (TPSA) is 29.1 Å². The van der Waals surface area contributed by atoms with Gasteiger partial charge in [0.1, 0.15) is 0 Å². The molecule has 0 saturated carbocycles. The van der Waals surface area contributed by atoms with E-state index < -0.39 is 0 Å². The largest absolute Gasteiger partial charge is 0.349 e. The van der Waals surface area contributed by atoms with Gasteiger partial charge in [-0.15, -0.1) is 12.6 Å². The lowest BCUT2D eigenvalue weighted by Crippen LogP contribution is -2.37. The number of nitrogens with one attached hydrogen (secondary N) is 1. The lowest BCUT2D eigenvalue weighted by atomic mass is 10.1. The molecule has 16 heavy (non-hydrogen) atoms. The second-order valence-electron chi connectivity index (χ2n) is 3.88. The van der Waals surface area contributed by atoms with Gasteiger partial charge in [0.15, 0.2) is 0 Å². The maximum Gasteiger partial charge on any atom is 0.252 e. The van der Waals surface area contributed by atoms with E-state index in [9.17, 15) is 4.79 Å². The van der Waals surface area contributed by atoms with Gasteiger partial charge in [0.05, 0.1) is 5.56 Å². The number of rotatable bonds is 2. The Balaban J connectivity index is 2.00. The van der Waals surface area contributed by atoms with Crippen LogP contribution in [0.3, 0.4) is 0 Å². The number of hydrogen-bond acceptors (Lipinski definition) is 3. The van der Waals surface area contributed by atoms with Crippen molar-refractivity contribution in [2.24, 2.45) is 0 Å². The van der Waals surface area contributed by atoms with Crippen LogP contribution in [0.25, 0.3) is 0 Å². The summed E-state index contributed by atoms with van der Waals surface area (Å²) in [5, 5.41) is 3.07. The van der Waals surface area contributed by atoms with Crippen molar-refractivity contribution in [2.75, 3.05) is 11.5 Å². The maximum absolute atomic E-state index is 12.0. The molecule has 1 aliphatic heterocycles. The van der Waals surface area contributed by atoms with Gasteiger partial charge in [-0.1, -0.05) is 12.1 Å². The predicted molar refractivity (Wildman–Crippen MR) is 71.5 cm³/mol. The molecule has 2 rings (SSSR count). The molecule has 1 saturated heterocycles. The summed E-state index contributed by atoms with van der Waals surface area (Å²) in [6.45, 7) is 0. The van der Waals surface area contributed by atoms with Gasteiger partial charge in [0.2, 0.25) is 0 Å². The average Bonchev–Trinajstić information content (AvgIpc) is 2.31. The van der Waals surface area contributed by atoms with E-state index in [1.54, 1.807) is 0 Å². The number of amides is 1. The molecule has 0 spiro atoms. The molecule has 1 aromatic carbocycles. The quantitative estimate of drug-likeness (QED) is 0.793. The first-order valence-electron chi connectivity index (χ1n) is 5.44. The van der Waals surface area contributed by atoms with Crippen LogP contribution in [0.4, 0.5) is 0 Å². The normalized spacial score (nSPS) is 17.1. The summed E-state index contributed by atoms with van der Waals surface area (Å²) in [6, 6.07) is 7.74. The number of thiol groups is 1. The molecule has 1 aliphatic rings. The van der Waals surface area contributed by atoms with E-state index in [1.165, 1.54) is 0 Å². The molecule has 0 atom stereocenters. The Morgan fingerprint density at radius 2 is 2.00 bits per heavy atom. The van der Waals surface area contributed by atoms with Gasteiger partial charge in [-0.05, 0) is 36.5 Å². The highest BCUT2D eigenvalue weighted by molar-refractivity contribution is 7.99. The van der Waals surface area contributed by atoms with E-state index in [4.69, 9.17) is 0 Å². The first-order valence-corrected chi connectivity index (χ1v) is 7.04. The molecule has 2 nitrogen and oxygen atoms in total. The minimum Gasteiger partial charge on any atom is -0.349 e. The molecule has 0 radical (unpaired) electrons. The van der Waals surface area contributed by atoms with Gasteiger partial charge < -0.3 is 5.32 Å². The van der Waals surface area contributed by atoms with Crippen LogP contribution in [0.15, 0.2) is 29.2 Å². The van der Waals surface area contributed by atoms with Crippen molar-refractivity contribution in [2.45, 2.75) is 23.8 Å².